The summed E-state index contributed by atoms with van der Waals surface area (Å²) >= 11 is 1.39. The van der Waals surface area contributed by atoms with Crippen molar-refractivity contribution in [2.24, 2.45) is 5.92 Å². The molecule has 1 N–H and O–H groups in total. The summed E-state index contributed by atoms with van der Waals surface area (Å²) in [6.07, 6.45) is 6.32. The average Bonchev–Trinajstić information content (AvgIpc) is 3.42. The summed E-state index contributed by atoms with van der Waals surface area (Å²) in [5, 5.41) is 7.17. The molecule has 1 saturated carbocycles. The van der Waals surface area contributed by atoms with Crippen LogP contribution in [0.3, 0.4) is 0 Å². The number of nitrogens with one attached hydrogen (secondary N) is 1. The number of carbonyl (C=O) groups is 1. The lowest BCUT2D eigenvalue weighted by Gasteiger charge is -2.31. The molecule has 2 aromatic rings. The van der Waals surface area contributed by atoms with Crippen LogP contribution < -0.4 is 14.8 Å². The third-order valence-electron chi connectivity index (χ3n) is 6.38. The summed E-state index contributed by atoms with van der Waals surface area (Å²) in [5.41, 5.74) is 0.960. The number of amides is 1. The van der Waals surface area contributed by atoms with Gasteiger partial charge in [-0.15, -0.1) is 0 Å². The molecule has 8 nitrogen and oxygen atoms in total. The zero-order valence-electron chi connectivity index (χ0n) is 19.6. The summed E-state index contributed by atoms with van der Waals surface area (Å²) in [7, 11) is 1.51. The molecule has 0 atom stereocenters. The number of hydrogen-bond acceptors (Lipinski definition) is 8. The Balaban J connectivity index is 1.14. The highest BCUT2D eigenvalue weighted by Crippen LogP contribution is 2.32. The fraction of sp³-hybridized carbons (Fsp3) is 0.696. The number of nitrogens with zero attached hydrogens (tertiary/aromatic N) is 3. The summed E-state index contributed by atoms with van der Waals surface area (Å²) in [6.45, 7) is 2.90. The molecule has 0 aromatic carbocycles. The molecule has 34 heavy (non-hydrogen) atoms. The van der Waals surface area contributed by atoms with Crippen molar-refractivity contribution >= 4 is 17.2 Å². The molecule has 0 bridgehead atoms. The van der Waals surface area contributed by atoms with E-state index in [-0.39, 0.29) is 18.4 Å². The Kier molecular flexibility index (Phi) is 8.02. The molecule has 1 aliphatic heterocycles. The second-order valence-electron chi connectivity index (χ2n) is 9.32. The molecule has 4 rings (SSSR count). The molecule has 11 heteroatoms. The molecule has 188 valence electrons. The van der Waals surface area contributed by atoms with Crippen LogP contribution in [0.15, 0.2) is 10.6 Å². The van der Waals surface area contributed by atoms with E-state index in [0.29, 0.717) is 22.8 Å². The van der Waals surface area contributed by atoms with Crippen LogP contribution in [0, 0.1) is 5.92 Å². The Morgan fingerprint density at radius 2 is 2.15 bits per heavy atom. The van der Waals surface area contributed by atoms with Gasteiger partial charge in [0, 0.05) is 37.0 Å². The lowest BCUT2D eigenvalue weighted by molar-refractivity contribution is -0.121. The largest absolute Gasteiger partial charge is 0.479 e. The number of hydrogen-bond donors (Lipinski definition) is 1. The number of ether oxygens (including phenoxy) is 2. The van der Waals surface area contributed by atoms with Crippen LogP contribution in [-0.2, 0) is 24.2 Å². The zero-order chi connectivity index (χ0) is 24.1. The number of alkyl halides is 2. The number of aromatic nitrogens is 2. The van der Waals surface area contributed by atoms with Crippen molar-refractivity contribution in [3.05, 3.63) is 22.4 Å². The standard InChI is InChI=1S/C23H32F2N4O4S/c1-23(24,25)14-32-22-27-18-13-29(10-8-19(18)34-22)9-7-15-3-5-16(6-4-15)26-20(30)11-17-12-21(31-2)28-33-17/h12,15-16H,3-11,13-14H2,1-2H3,(H,26,30). The zero-order valence-corrected chi connectivity index (χ0v) is 20.5. The topological polar surface area (TPSA) is 89.7 Å². The van der Waals surface area contributed by atoms with Crippen molar-refractivity contribution in [3.63, 3.8) is 0 Å². The maximum Gasteiger partial charge on any atom is 0.278 e. The minimum absolute atomic E-state index is 0.0550. The van der Waals surface area contributed by atoms with E-state index in [1.807, 2.05) is 0 Å². The highest BCUT2D eigenvalue weighted by molar-refractivity contribution is 7.13. The molecule has 0 spiro atoms. The maximum absolute atomic E-state index is 13.0. The lowest BCUT2D eigenvalue weighted by Crippen LogP contribution is -2.39. The summed E-state index contributed by atoms with van der Waals surface area (Å²) in [5.74, 6) is -1.40. The van der Waals surface area contributed by atoms with Crippen molar-refractivity contribution in [1.82, 2.24) is 20.4 Å². The highest BCUT2D eigenvalue weighted by atomic mass is 32.1. The summed E-state index contributed by atoms with van der Waals surface area (Å²) in [4.78, 5) is 20.3. The van der Waals surface area contributed by atoms with E-state index in [4.69, 9.17) is 14.0 Å². The van der Waals surface area contributed by atoms with E-state index in [9.17, 15) is 13.6 Å². The third kappa shape index (κ3) is 7.11. The van der Waals surface area contributed by atoms with Gasteiger partial charge in [-0.25, -0.2) is 13.8 Å². The number of carbonyl (C=O) groups excluding carboxylic acids is 1. The number of methoxy groups -OCH3 is 1. The van der Waals surface area contributed by atoms with Gasteiger partial charge in [0.25, 0.3) is 17.0 Å². The van der Waals surface area contributed by atoms with Crippen molar-refractivity contribution in [2.75, 3.05) is 26.8 Å². The average molecular weight is 499 g/mol. The van der Waals surface area contributed by atoms with E-state index in [1.54, 1.807) is 6.07 Å². The monoisotopic (exact) mass is 498 g/mol. The van der Waals surface area contributed by atoms with Crippen LogP contribution in [0.25, 0.3) is 0 Å². The molecule has 1 amide bonds. The first kappa shape index (κ1) is 24.8. The van der Waals surface area contributed by atoms with Crippen molar-refractivity contribution < 1.29 is 27.6 Å². The summed E-state index contributed by atoms with van der Waals surface area (Å²) in [6, 6.07) is 1.83. The fourth-order valence-electron chi connectivity index (χ4n) is 4.54. The first-order valence-corrected chi connectivity index (χ1v) is 12.6. The Morgan fingerprint density at radius 3 is 2.85 bits per heavy atom. The van der Waals surface area contributed by atoms with Gasteiger partial charge < -0.3 is 19.3 Å². The first-order chi connectivity index (χ1) is 16.3. The number of thiazole rings is 1. The van der Waals surface area contributed by atoms with Gasteiger partial charge in [-0.05, 0) is 56.1 Å². The molecule has 3 heterocycles. The van der Waals surface area contributed by atoms with Gasteiger partial charge in [-0.3, -0.25) is 9.69 Å². The molecule has 0 unspecified atom stereocenters. The predicted molar refractivity (Wildman–Crippen MR) is 122 cm³/mol. The Hall–Kier alpha value is -2.27. The van der Waals surface area contributed by atoms with E-state index in [1.165, 1.54) is 18.4 Å². The van der Waals surface area contributed by atoms with Crippen molar-refractivity contribution in [2.45, 2.75) is 70.4 Å². The van der Waals surface area contributed by atoms with Crippen LogP contribution in [0.2, 0.25) is 0 Å². The minimum atomic E-state index is -2.86. The van der Waals surface area contributed by atoms with Crippen molar-refractivity contribution in [1.29, 1.82) is 0 Å². The van der Waals surface area contributed by atoms with Crippen LogP contribution in [0.5, 0.6) is 11.1 Å². The Bertz CT molecular complexity index is 953. The first-order valence-electron chi connectivity index (χ1n) is 11.8. The number of rotatable bonds is 10. The molecule has 0 radical (unpaired) electrons. The molecule has 1 aliphatic carbocycles. The maximum atomic E-state index is 13.0. The summed E-state index contributed by atoms with van der Waals surface area (Å²) < 4.78 is 41.3. The molecule has 1 fully saturated rings. The van der Waals surface area contributed by atoms with E-state index < -0.39 is 12.5 Å². The third-order valence-corrected chi connectivity index (χ3v) is 7.45. The second-order valence-corrected chi connectivity index (χ2v) is 10.4. The van der Waals surface area contributed by atoms with Gasteiger partial charge >= 0.3 is 0 Å². The quantitative estimate of drug-likeness (QED) is 0.532. The number of halogens is 2. The Morgan fingerprint density at radius 1 is 1.35 bits per heavy atom. The molecular formula is C23H32F2N4O4S. The van der Waals surface area contributed by atoms with Gasteiger partial charge in [0.2, 0.25) is 5.91 Å². The van der Waals surface area contributed by atoms with Gasteiger partial charge in [-0.1, -0.05) is 11.3 Å². The number of fused-ring (bicyclic) bond motifs is 1. The smallest absolute Gasteiger partial charge is 0.278 e. The minimum Gasteiger partial charge on any atom is -0.479 e. The van der Waals surface area contributed by atoms with Crippen LogP contribution in [-0.4, -0.2) is 59.7 Å². The molecule has 2 aliphatic rings. The molecule has 2 aromatic heterocycles. The lowest BCUT2D eigenvalue weighted by atomic mass is 9.84. The van der Waals surface area contributed by atoms with E-state index in [2.05, 4.69) is 20.4 Å². The normalized spacial score (nSPS) is 21.2. The van der Waals surface area contributed by atoms with Gasteiger partial charge in [0.05, 0.1) is 19.2 Å². The SMILES string of the molecule is COc1cc(CC(=O)NC2CCC(CCN3CCc4sc(OCC(C)(F)F)nc4C3)CC2)on1. The van der Waals surface area contributed by atoms with E-state index in [0.717, 1.165) is 75.7 Å². The van der Waals surface area contributed by atoms with Crippen LogP contribution in [0.1, 0.15) is 55.4 Å². The van der Waals surface area contributed by atoms with Gasteiger partial charge in [-0.2, -0.15) is 0 Å². The molecular weight excluding hydrogens is 466 g/mol. The second kappa shape index (κ2) is 11.0. The van der Waals surface area contributed by atoms with Crippen molar-refractivity contribution in [3.8, 4) is 11.1 Å². The fourth-order valence-corrected chi connectivity index (χ4v) is 5.45. The predicted octanol–water partition coefficient (Wildman–Crippen LogP) is 3.84. The van der Waals surface area contributed by atoms with E-state index >= 15 is 0 Å². The van der Waals surface area contributed by atoms with Crippen LogP contribution >= 0.6 is 11.3 Å². The van der Waals surface area contributed by atoms with Gasteiger partial charge in [0.1, 0.15) is 5.76 Å². The van der Waals surface area contributed by atoms with Crippen LogP contribution in [0.4, 0.5) is 8.78 Å². The highest BCUT2D eigenvalue weighted by Gasteiger charge is 2.27. The Labute approximate surface area is 202 Å². The molecule has 0 saturated heterocycles. The van der Waals surface area contributed by atoms with Gasteiger partial charge in [0.15, 0.2) is 6.61 Å².